The van der Waals surface area contributed by atoms with Crippen molar-refractivity contribution in [2.24, 2.45) is 0 Å². The summed E-state index contributed by atoms with van der Waals surface area (Å²) in [6.07, 6.45) is 1.78. The van der Waals surface area contributed by atoms with E-state index in [0.29, 0.717) is 25.7 Å². The third kappa shape index (κ3) is 5.59. The Labute approximate surface area is 184 Å². The third-order valence-corrected chi connectivity index (χ3v) is 5.58. The Morgan fingerprint density at radius 2 is 2.00 bits per heavy atom. The second-order valence-electron chi connectivity index (χ2n) is 6.56. The van der Waals surface area contributed by atoms with Gasteiger partial charge < -0.3 is 10.1 Å². The average Bonchev–Trinajstić information content (AvgIpc) is 2.95. The van der Waals surface area contributed by atoms with Crippen molar-refractivity contribution in [2.45, 2.75) is 19.9 Å². The topological polar surface area (TPSA) is 58.6 Å². The van der Waals surface area contributed by atoms with Crippen molar-refractivity contribution in [1.82, 2.24) is 4.90 Å². The van der Waals surface area contributed by atoms with Gasteiger partial charge in [-0.25, -0.2) is 0 Å². The van der Waals surface area contributed by atoms with Gasteiger partial charge in [0, 0.05) is 16.8 Å². The summed E-state index contributed by atoms with van der Waals surface area (Å²) in [6.45, 7) is 3.72. The fraction of sp³-hybridized carbons (Fsp3) is 0.190. The number of hydrogen-bond donors (Lipinski definition) is 1. The van der Waals surface area contributed by atoms with Crippen molar-refractivity contribution < 1.29 is 14.3 Å². The van der Waals surface area contributed by atoms with Crippen LogP contribution in [0.1, 0.15) is 19.4 Å². The Kier molecular flexibility index (Phi) is 6.95. The molecule has 1 fully saturated rings. The summed E-state index contributed by atoms with van der Waals surface area (Å²) in [6, 6.07) is 14.0. The lowest BCUT2D eigenvalue weighted by molar-refractivity contribution is -0.123. The molecule has 0 radical (unpaired) electrons. The molecule has 0 spiro atoms. The summed E-state index contributed by atoms with van der Waals surface area (Å²) >= 11 is 12.4. The van der Waals surface area contributed by atoms with Gasteiger partial charge in [0.1, 0.15) is 10.1 Å². The second-order valence-corrected chi connectivity index (χ2v) is 8.67. The number of ether oxygens (including phenoxy) is 1. The molecule has 0 atom stereocenters. The number of carbonyl (C=O) groups excluding carboxylic acids is 2. The Morgan fingerprint density at radius 1 is 1.28 bits per heavy atom. The molecule has 2 aromatic carbocycles. The van der Waals surface area contributed by atoms with Crippen molar-refractivity contribution in [3.8, 4) is 5.75 Å². The first-order valence-electron chi connectivity index (χ1n) is 8.89. The highest BCUT2D eigenvalue weighted by molar-refractivity contribution is 8.26. The molecule has 150 valence electrons. The van der Waals surface area contributed by atoms with Crippen LogP contribution in [0, 0.1) is 0 Å². The summed E-state index contributed by atoms with van der Waals surface area (Å²) in [4.78, 5) is 26.8. The van der Waals surface area contributed by atoms with Crippen molar-refractivity contribution in [1.29, 1.82) is 0 Å². The fourth-order valence-electron chi connectivity index (χ4n) is 2.65. The van der Waals surface area contributed by atoms with Crippen molar-refractivity contribution in [3.63, 3.8) is 0 Å². The van der Waals surface area contributed by atoms with Gasteiger partial charge in [0.15, 0.2) is 6.61 Å². The van der Waals surface area contributed by atoms with Crippen LogP contribution in [0.15, 0.2) is 53.4 Å². The number of halogens is 1. The number of thiocarbonyl (C=S) groups is 1. The van der Waals surface area contributed by atoms with Gasteiger partial charge in [-0.3, -0.25) is 14.5 Å². The van der Waals surface area contributed by atoms with E-state index >= 15 is 0 Å². The SMILES string of the molecule is CC(C)N1C(=O)/C(=C/c2cccc(OCC(=O)Nc3ccc(Cl)cc3)c2)SC1=S. The Bertz CT molecular complexity index is 974. The first-order chi connectivity index (χ1) is 13.8. The van der Waals surface area contributed by atoms with Gasteiger partial charge in [-0.05, 0) is 61.9 Å². The van der Waals surface area contributed by atoms with Gasteiger partial charge in [0.25, 0.3) is 11.8 Å². The van der Waals surface area contributed by atoms with Crippen LogP contribution >= 0.6 is 35.6 Å². The van der Waals surface area contributed by atoms with Crippen LogP contribution in [0.4, 0.5) is 5.69 Å². The van der Waals surface area contributed by atoms with E-state index in [0.717, 1.165) is 5.56 Å². The molecule has 0 saturated carbocycles. The van der Waals surface area contributed by atoms with Gasteiger partial charge in [-0.15, -0.1) is 0 Å². The molecule has 1 aliphatic heterocycles. The zero-order chi connectivity index (χ0) is 21.0. The summed E-state index contributed by atoms with van der Waals surface area (Å²) < 4.78 is 6.14. The smallest absolute Gasteiger partial charge is 0.266 e. The molecule has 1 heterocycles. The molecule has 2 amide bonds. The van der Waals surface area contributed by atoms with Crippen LogP contribution in [-0.4, -0.2) is 33.7 Å². The molecular weight excluding hydrogens is 428 g/mol. The fourth-order valence-corrected chi connectivity index (χ4v) is 4.30. The highest BCUT2D eigenvalue weighted by Crippen LogP contribution is 2.34. The second kappa shape index (κ2) is 9.43. The number of nitrogens with zero attached hydrogens (tertiary/aromatic N) is 1. The number of nitrogens with one attached hydrogen (secondary N) is 1. The normalized spacial score (nSPS) is 15.3. The molecule has 0 unspecified atom stereocenters. The van der Waals surface area contributed by atoms with Crippen LogP contribution < -0.4 is 10.1 Å². The number of benzene rings is 2. The maximum atomic E-state index is 12.5. The number of thioether (sulfide) groups is 1. The summed E-state index contributed by atoms with van der Waals surface area (Å²) in [7, 11) is 0. The van der Waals surface area contributed by atoms with Crippen molar-refractivity contribution in [2.75, 3.05) is 11.9 Å². The lowest BCUT2D eigenvalue weighted by atomic mass is 10.2. The number of rotatable bonds is 6. The van der Waals surface area contributed by atoms with Crippen LogP contribution in [0.25, 0.3) is 6.08 Å². The standard InChI is InChI=1S/C21H19ClN2O3S2/c1-13(2)24-20(26)18(29-21(24)28)11-14-4-3-5-17(10-14)27-12-19(25)23-16-8-6-15(22)7-9-16/h3-11,13H,12H2,1-2H3,(H,23,25)/b18-11-. The van der Waals surface area contributed by atoms with Crippen LogP contribution in [0.5, 0.6) is 5.75 Å². The lowest BCUT2D eigenvalue weighted by Gasteiger charge is -2.18. The molecule has 2 aromatic rings. The van der Waals surface area contributed by atoms with Crippen molar-refractivity contribution in [3.05, 3.63) is 64.0 Å². The van der Waals surface area contributed by atoms with E-state index < -0.39 is 0 Å². The van der Waals surface area contributed by atoms with E-state index in [1.54, 1.807) is 47.4 Å². The molecule has 0 bridgehead atoms. The molecule has 1 saturated heterocycles. The molecule has 0 aliphatic carbocycles. The van der Waals surface area contributed by atoms with Gasteiger partial charge in [0.2, 0.25) is 0 Å². The van der Waals surface area contributed by atoms with Crippen LogP contribution in [-0.2, 0) is 9.59 Å². The molecule has 1 N–H and O–H groups in total. The van der Waals surface area contributed by atoms with Crippen molar-refractivity contribution >= 4 is 63.5 Å². The Hall–Kier alpha value is -2.35. The summed E-state index contributed by atoms with van der Waals surface area (Å²) in [5.41, 5.74) is 1.44. The number of carbonyl (C=O) groups is 2. The zero-order valence-electron chi connectivity index (χ0n) is 15.8. The number of amides is 2. The average molecular weight is 447 g/mol. The van der Waals surface area contributed by atoms with E-state index in [1.807, 2.05) is 26.0 Å². The highest BCUT2D eigenvalue weighted by Gasteiger charge is 2.33. The molecule has 3 rings (SSSR count). The van der Waals surface area contributed by atoms with Crippen LogP contribution in [0.3, 0.4) is 0 Å². The zero-order valence-corrected chi connectivity index (χ0v) is 18.2. The largest absolute Gasteiger partial charge is 0.484 e. The van der Waals surface area contributed by atoms with E-state index in [1.165, 1.54) is 11.8 Å². The Morgan fingerprint density at radius 3 is 2.66 bits per heavy atom. The van der Waals surface area contributed by atoms with Gasteiger partial charge in [0.05, 0.1) is 4.91 Å². The first kappa shape index (κ1) is 21.4. The third-order valence-electron chi connectivity index (χ3n) is 3.99. The van der Waals surface area contributed by atoms with E-state index in [9.17, 15) is 9.59 Å². The maximum absolute atomic E-state index is 12.5. The van der Waals surface area contributed by atoms with E-state index in [-0.39, 0.29) is 24.5 Å². The van der Waals surface area contributed by atoms with E-state index in [4.69, 9.17) is 28.6 Å². The minimum absolute atomic E-state index is 0.0159. The van der Waals surface area contributed by atoms with Gasteiger partial charge in [-0.2, -0.15) is 0 Å². The summed E-state index contributed by atoms with van der Waals surface area (Å²) in [5, 5.41) is 3.33. The molecule has 29 heavy (non-hydrogen) atoms. The monoisotopic (exact) mass is 446 g/mol. The predicted molar refractivity (Wildman–Crippen MR) is 122 cm³/mol. The van der Waals surface area contributed by atoms with Crippen LogP contribution in [0.2, 0.25) is 5.02 Å². The first-order valence-corrected chi connectivity index (χ1v) is 10.5. The molecule has 8 heteroatoms. The molecule has 0 aromatic heterocycles. The van der Waals surface area contributed by atoms with E-state index in [2.05, 4.69) is 5.32 Å². The lowest BCUT2D eigenvalue weighted by Crippen LogP contribution is -2.34. The number of hydrogen-bond acceptors (Lipinski definition) is 5. The minimum atomic E-state index is -0.282. The molecular formula is C21H19ClN2O3S2. The quantitative estimate of drug-likeness (QED) is 0.501. The number of anilines is 1. The summed E-state index contributed by atoms with van der Waals surface area (Å²) in [5.74, 6) is 0.156. The maximum Gasteiger partial charge on any atom is 0.266 e. The minimum Gasteiger partial charge on any atom is -0.484 e. The Balaban J connectivity index is 1.62. The highest BCUT2D eigenvalue weighted by atomic mass is 35.5. The molecule has 5 nitrogen and oxygen atoms in total. The van der Waals surface area contributed by atoms with Gasteiger partial charge >= 0.3 is 0 Å². The van der Waals surface area contributed by atoms with Gasteiger partial charge in [-0.1, -0.05) is 47.7 Å². The molecule has 1 aliphatic rings. The predicted octanol–water partition coefficient (Wildman–Crippen LogP) is 4.97.